The van der Waals surface area contributed by atoms with Crippen molar-refractivity contribution in [1.29, 1.82) is 0 Å². The van der Waals surface area contributed by atoms with Crippen molar-refractivity contribution in [1.82, 2.24) is 0 Å². The van der Waals surface area contributed by atoms with Crippen molar-refractivity contribution in [3.05, 3.63) is 29.3 Å². The summed E-state index contributed by atoms with van der Waals surface area (Å²) in [5.41, 5.74) is 4.79. The average Bonchev–Trinajstić information content (AvgIpc) is 2.23. The third kappa shape index (κ3) is 2.90. The highest BCUT2D eigenvalue weighted by molar-refractivity contribution is 9.09. The summed E-state index contributed by atoms with van der Waals surface area (Å²) in [6.07, 6.45) is -2.29. The number of benzene rings is 1. The molecule has 1 aromatic carbocycles. The zero-order chi connectivity index (χ0) is 12.3. The number of anilines is 1. The van der Waals surface area contributed by atoms with Crippen LogP contribution in [-0.2, 0) is 0 Å². The lowest BCUT2D eigenvalue weighted by Crippen LogP contribution is -2.20. The Morgan fingerprint density at radius 2 is 1.88 bits per heavy atom. The largest absolute Gasteiger partial charge is 0.396 e. The fourth-order valence-corrected chi connectivity index (χ4v) is 1.76. The summed E-state index contributed by atoms with van der Waals surface area (Å²) in [4.78, 5) is 0. The van der Waals surface area contributed by atoms with Crippen LogP contribution in [0.5, 0.6) is 0 Å². The van der Waals surface area contributed by atoms with Gasteiger partial charge in [-0.15, -0.1) is 0 Å². The van der Waals surface area contributed by atoms with Gasteiger partial charge in [0.15, 0.2) is 0 Å². The van der Waals surface area contributed by atoms with Gasteiger partial charge < -0.3 is 15.9 Å². The zero-order valence-electron chi connectivity index (χ0n) is 8.33. The van der Waals surface area contributed by atoms with Crippen LogP contribution >= 0.6 is 15.9 Å². The van der Waals surface area contributed by atoms with Crippen LogP contribution in [0.25, 0.3) is 0 Å². The van der Waals surface area contributed by atoms with Gasteiger partial charge in [0.1, 0.15) is 17.7 Å². The molecule has 6 heteroatoms. The van der Waals surface area contributed by atoms with E-state index in [0.29, 0.717) is 11.4 Å². The number of aliphatic hydroxyl groups is 2. The summed E-state index contributed by atoms with van der Waals surface area (Å²) in [5.74, 6) is -1.81. The molecule has 0 aliphatic rings. The van der Waals surface area contributed by atoms with E-state index >= 15 is 0 Å². The van der Waals surface area contributed by atoms with Crippen molar-refractivity contribution in [3.63, 3.8) is 0 Å². The molecule has 3 nitrogen and oxygen atoms in total. The van der Waals surface area contributed by atoms with Crippen LogP contribution in [0.4, 0.5) is 14.5 Å². The molecule has 1 rings (SSSR count). The highest BCUT2D eigenvalue weighted by Crippen LogP contribution is 2.26. The van der Waals surface area contributed by atoms with Crippen LogP contribution in [0.3, 0.4) is 0 Å². The van der Waals surface area contributed by atoms with Crippen LogP contribution in [0.2, 0.25) is 0 Å². The molecule has 4 N–H and O–H groups in total. The number of rotatable bonds is 4. The molecule has 0 amide bonds. The lowest BCUT2D eigenvalue weighted by atomic mass is 10.0. The third-order valence-electron chi connectivity index (χ3n) is 2.20. The van der Waals surface area contributed by atoms with Crippen LogP contribution < -0.4 is 5.73 Å². The van der Waals surface area contributed by atoms with E-state index in [1.165, 1.54) is 0 Å². The highest BCUT2D eigenvalue weighted by atomic mass is 79.9. The molecular weight excluding hydrogens is 284 g/mol. The van der Waals surface area contributed by atoms with Crippen LogP contribution in [0.15, 0.2) is 12.1 Å². The summed E-state index contributed by atoms with van der Waals surface area (Å²) in [5, 5.41) is 19.6. The standard InChI is InChI=1S/C10H12BrF2NO2/c11-2-1-9(15)10(16)5-3-8(14)7(13)4-6(5)12/h3-4,9-10,15-16H,1-2,14H2. The highest BCUT2D eigenvalue weighted by Gasteiger charge is 2.22. The smallest absolute Gasteiger partial charge is 0.149 e. The maximum absolute atomic E-state index is 13.3. The van der Waals surface area contributed by atoms with E-state index in [-0.39, 0.29) is 17.7 Å². The van der Waals surface area contributed by atoms with Crippen molar-refractivity contribution in [2.45, 2.75) is 18.6 Å². The molecule has 0 aromatic heterocycles. The molecule has 0 aliphatic carbocycles. The summed E-state index contributed by atoms with van der Waals surface area (Å²) >= 11 is 3.09. The Balaban J connectivity index is 2.99. The van der Waals surface area contributed by atoms with Crippen molar-refractivity contribution in [3.8, 4) is 0 Å². The molecule has 0 radical (unpaired) electrons. The van der Waals surface area contributed by atoms with E-state index < -0.39 is 23.8 Å². The number of hydrogen-bond donors (Lipinski definition) is 3. The summed E-state index contributed by atoms with van der Waals surface area (Å²) in [6, 6.07) is 1.58. The zero-order valence-corrected chi connectivity index (χ0v) is 9.92. The molecule has 0 saturated heterocycles. The Morgan fingerprint density at radius 1 is 1.25 bits per heavy atom. The molecule has 2 atom stereocenters. The Bertz CT molecular complexity index is 376. The normalized spacial score (nSPS) is 14.8. The quantitative estimate of drug-likeness (QED) is 0.585. The predicted octanol–water partition coefficient (Wildman–Crippen LogP) is 1.73. The van der Waals surface area contributed by atoms with E-state index in [1.54, 1.807) is 0 Å². The van der Waals surface area contributed by atoms with Gasteiger partial charge in [0.2, 0.25) is 0 Å². The van der Waals surface area contributed by atoms with E-state index in [2.05, 4.69) is 15.9 Å². The average molecular weight is 296 g/mol. The fraction of sp³-hybridized carbons (Fsp3) is 0.400. The van der Waals surface area contributed by atoms with Crippen LogP contribution in [-0.4, -0.2) is 21.6 Å². The van der Waals surface area contributed by atoms with Crippen molar-refractivity contribution in [2.24, 2.45) is 0 Å². The van der Waals surface area contributed by atoms with Gasteiger partial charge in [0, 0.05) is 17.0 Å². The molecule has 0 aliphatic heterocycles. The molecule has 0 fully saturated rings. The van der Waals surface area contributed by atoms with Crippen molar-refractivity contribution < 1.29 is 19.0 Å². The first kappa shape index (κ1) is 13.3. The van der Waals surface area contributed by atoms with Crippen molar-refractivity contribution >= 4 is 21.6 Å². The van der Waals surface area contributed by atoms with Gasteiger partial charge in [-0.05, 0) is 12.5 Å². The van der Waals surface area contributed by atoms with E-state index in [1.807, 2.05) is 0 Å². The number of nitrogens with two attached hydrogens (primary N) is 1. The Hall–Kier alpha value is -0.720. The molecule has 90 valence electrons. The predicted molar refractivity (Wildman–Crippen MR) is 60.1 cm³/mol. The molecular formula is C10H12BrF2NO2. The van der Waals surface area contributed by atoms with Gasteiger partial charge in [-0.2, -0.15) is 0 Å². The minimum Gasteiger partial charge on any atom is -0.396 e. The minimum atomic E-state index is -1.42. The molecule has 0 heterocycles. The number of aliphatic hydroxyl groups excluding tert-OH is 2. The topological polar surface area (TPSA) is 66.5 Å². The van der Waals surface area contributed by atoms with E-state index in [4.69, 9.17) is 5.73 Å². The summed E-state index contributed by atoms with van der Waals surface area (Å²) < 4.78 is 26.2. The molecule has 16 heavy (non-hydrogen) atoms. The third-order valence-corrected chi connectivity index (χ3v) is 2.66. The van der Waals surface area contributed by atoms with Gasteiger partial charge in [-0.25, -0.2) is 8.78 Å². The van der Waals surface area contributed by atoms with Gasteiger partial charge >= 0.3 is 0 Å². The Kier molecular flexibility index (Phi) is 4.64. The molecule has 2 unspecified atom stereocenters. The van der Waals surface area contributed by atoms with Gasteiger partial charge in [0.05, 0.1) is 11.8 Å². The Morgan fingerprint density at radius 3 is 2.44 bits per heavy atom. The summed E-state index contributed by atoms with van der Waals surface area (Å²) in [6.45, 7) is 0. The maximum Gasteiger partial charge on any atom is 0.149 e. The van der Waals surface area contributed by atoms with Gasteiger partial charge in [0.25, 0.3) is 0 Å². The monoisotopic (exact) mass is 295 g/mol. The number of nitrogen functional groups attached to an aromatic ring is 1. The number of hydrogen-bond acceptors (Lipinski definition) is 3. The second kappa shape index (κ2) is 5.56. The minimum absolute atomic E-state index is 0.202. The molecule has 0 saturated carbocycles. The SMILES string of the molecule is Nc1cc(C(O)C(O)CCBr)c(F)cc1F. The second-order valence-corrected chi connectivity index (χ2v) is 4.18. The van der Waals surface area contributed by atoms with E-state index in [9.17, 15) is 19.0 Å². The maximum atomic E-state index is 13.3. The lowest BCUT2D eigenvalue weighted by Gasteiger charge is -2.18. The van der Waals surface area contributed by atoms with Gasteiger partial charge in [-0.3, -0.25) is 0 Å². The first-order valence-corrected chi connectivity index (χ1v) is 5.76. The van der Waals surface area contributed by atoms with Crippen LogP contribution in [0, 0.1) is 11.6 Å². The molecule has 1 aromatic rings. The number of halogens is 3. The lowest BCUT2D eigenvalue weighted by molar-refractivity contribution is 0.0153. The van der Waals surface area contributed by atoms with E-state index in [0.717, 1.165) is 6.07 Å². The Labute approximate surface area is 100 Å². The molecule has 0 spiro atoms. The van der Waals surface area contributed by atoms with Crippen molar-refractivity contribution in [2.75, 3.05) is 11.1 Å². The molecule has 0 bridgehead atoms. The fourth-order valence-electron chi connectivity index (χ4n) is 1.29. The van der Waals surface area contributed by atoms with Crippen LogP contribution in [0.1, 0.15) is 18.1 Å². The van der Waals surface area contributed by atoms with Gasteiger partial charge in [-0.1, -0.05) is 15.9 Å². The second-order valence-electron chi connectivity index (χ2n) is 3.39. The summed E-state index contributed by atoms with van der Waals surface area (Å²) in [7, 11) is 0. The first-order valence-electron chi connectivity index (χ1n) is 4.64. The first-order chi connectivity index (χ1) is 7.47. The number of alkyl halides is 1.